The molecule has 1 heterocycles. The van der Waals surface area contributed by atoms with Crippen LogP contribution >= 0.6 is 0 Å². The number of nitrogens with two attached hydrogens (primary N) is 1. The maximum absolute atomic E-state index is 13.6. The van der Waals surface area contributed by atoms with Crippen molar-refractivity contribution >= 4 is 11.4 Å². The Morgan fingerprint density at radius 2 is 2.14 bits per heavy atom. The van der Waals surface area contributed by atoms with E-state index in [9.17, 15) is 4.39 Å². The van der Waals surface area contributed by atoms with Gasteiger partial charge < -0.3 is 20.5 Å². The number of pyridine rings is 1. The monoisotopic (exact) mass is 291 g/mol. The molecule has 0 bridgehead atoms. The van der Waals surface area contributed by atoms with Gasteiger partial charge in [0.15, 0.2) is 11.6 Å². The number of hydrogen-bond donors (Lipinski definition) is 2. The number of anilines is 2. The molecule has 0 spiro atoms. The lowest BCUT2D eigenvalue weighted by molar-refractivity contribution is 0.322. The molecule has 2 aromatic rings. The maximum atomic E-state index is 13.6. The predicted octanol–water partition coefficient (Wildman–Crippen LogP) is 2.82. The van der Waals surface area contributed by atoms with Gasteiger partial charge in [0.25, 0.3) is 0 Å². The van der Waals surface area contributed by atoms with Crippen molar-refractivity contribution in [2.75, 3.05) is 24.8 Å². The van der Waals surface area contributed by atoms with Gasteiger partial charge in [0.05, 0.1) is 25.1 Å². The van der Waals surface area contributed by atoms with E-state index in [1.807, 2.05) is 12.1 Å². The van der Waals surface area contributed by atoms with Gasteiger partial charge in [-0.25, -0.2) is 9.37 Å². The molecule has 2 rings (SSSR count). The fourth-order valence-corrected chi connectivity index (χ4v) is 1.86. The zero-order chi connectivity index (χ0) is 15.2. The van der Waals surface area contributed by atoms with Gasteiger partial charge in [-0.1, -0.05) is 0 Å². The van der Waals surface area contributed by atoms with Crippen molar-refractivity contribution in [2.24, 2.45) is 0 Å². The number of halogens is 1. The Bertz CT molecular complexity index is 620. The molecule has 0 aliphatic carbocycles. The summed E-state index contributed by atoms with van der Waals surface area (Å²) in [5, 5.41) is 3.15. The summed E-state index contributed by atoms with van der Waals surface area (Å²) in [4.78, 5) is 4.04. The molecule has 5 nitrogen and oxygen atoms in total. The van der Waals surface area contributed by atoms with Crippen molar-refractivity contribution in [1.82, 2.24) is 4.98 Å². The van der Waals surface area contributed by atoms with Gasteiger partial charge in [0, 0.05) is 30.9 Å². The van der Waals surface area contributed by atoms with Crippen LogP contribution in [-0.2, 0) is 6.54 Å². The van der Waals surface area contributed by atoms with Gasteiger partial charge in [0.1, 0.15) is 0 Å². The lowest BCUT2D eigenvalue weighted by atomic mass is 10.2. The Balaban J connectivity index is 2.13. The Morgan fingerprint density at radius 1 is 1.33 bits per heavy atom. The summed E-state index contributed by atoms with van der Waals surface area (Å²) in [6.07, 6.45) is 1.66. The van der Waals surface area contributed by atoms with Crippen LogP contribution in [0.2, 0.25) is 0 Å². The molecule has 3 N–H and O–H groups in total. The number of nitrogens with zero attached hydrogens (tertiary/aromatic N) is 1. The van der Waals surface area contributed by atoms with Crippen LogP contribution in [0.3, 0.4) is 0 Å². The van der Waals surface area contributed by atoms with Crippen LogP contribution in [0.4, 0.5) is 15.8 Å². The molecule has 112 valence electrons. The summed E-state index contributed by atoms with van der Waals surface area (Å²) in [5.41, 5.74) is 7.74. The number of nitrogen functional groups attached to an aromatic ring is 1. The molecule has 0 unspecified atom stereocenters. The number of hydrogen-bond acceptors (Lipinski definition) is 5. The minimum absolute atomic E-state index is 0.182. The van der Waals surface area contributed by atoms with Crippen LogP contribution < -0.4 is 20.5 Å². The van der Waals surface area contributed by atoms with E-state index in [1.165, 1.54) is 6.07 Å². The summed E-state index contributed by atoms with van der Waals surface area (Å²) in [6.45, 7) is 2.70. The second kappa shape index (κ2) is 6.78. The average molecular weight is 291 g/mol. The van der Waals surface area contributed by atoms with Crippen molar-refractivity contribution in [3.8, 4) is 11.6 Å². The van der Waals surface area contributed by atoms with E-state index in [0.29, 0.717) is 30.4 Å². The first-order valence-corrected chi connectivity index (χ1v) is 6.58. The van der Waals surface area contributed by atoms with Gasteiger partial charge in [-0.05, 0) is 18.6 Å². The Morgan fingerprint density at radius 3 is 2.86 bits per heavy atom. The molecule has 0 radical (unpaired) electrons. The molecule has 0 saturated heterocycles. The fourth-order valence-electron chi connectivity index (χ4n) is 1.86. The maximum Gasteiger partial charge on any atom is 0.213 e. The van der Waals surface area contributed by atoms with Crippen LogP contribution in [-0.4, -0.2) is 18.7 Å². The zero-order valence-corrected chi connectivity index (χ0v) is 12.0. The number of aromatic nitrogens is 1. The fraction of sp³-hybridized carbons (Fsp3) is 0.267. The molecule has 1 aromatic carbocycles. The normalized spacial score (nSPS) is 10.2. The summed E-state index contributed by atoms with van der Waals surface area (Å²) in [5.74, 6) is 0.253. The smallest absolute Gasteiger partial charge is 0.213 e. The SMILES string of the molecule is CCOc1cc(NCc2ccnc(OC)c2)c(N)cc1F. The summed E-state index contributed by atoms with van der Waals surface area (Å²) in [6, 6.07) is 6.49. The Kier molecular flexibility index (Phi) is 4.81. The van der Waals surface area contributed by atoms with Crippen LogP contribution in [0.5, 0.6) is 11.6 Å². The highest BCUT2D eigenvalue weighted by atomic mass is 19.1. The predicted molar refractivity (Wildman–Crippen MR) is 80.1 cm³/mol. The van der Waals surface area contributed by atoms with Crippen molar-refractivity contribution in [2.45, 2.75) is 13.5 Å². The largest absolute Gasteiger partial charge is 0.491 e. The molecule has 0 fully saturated rings. The van der Waals surface area contributed by atoms with Gasteiger partial charge in [-0.3, -0.25) is 0 Å². The standard InChI is InChI=1S/C15H18FN3O2/c1-3-21-14-8-13(12(17)7-11(14)16)19-9-10-4-5-18-15(6-10)20-2/h4-8,19H,3,9,17H2,1-2H3. The van der Waals surface area contributed by atoms with Crippen molar-refractivity contribution in [3.63, 3.8) is 0 Å². The molecule has 0 saturated carbocycles. The van der Waals surface area contributed by atoms with Gasteiger partial charge in [0.2, 0.25) is 5.88 Å². The molecular weight excluding hydrogens is 273 g/mol. The van der Waals surface area contributed by atoms with E-state index in [-0.39, 0.29) is 5.75 Å². The van der Waals surface area contributed by atoms with Gasteiger partial charge in [-0.15, -0.1) is 0 Å². The molecule has 0 atom stereocenters. The average Bonchev–Trinajstić information content (AvgIpc) is 2.49. The van der Waals surface area contributed by atoms with E-state index in [4.69, 9.17) is 15.2 Å². The van der Waals surface area contributed by atoms with Gasteiger partial charge >= 0.3 is 0 Å². The number of rotatable bonds is 6. The quantitative estimate of drug-likeness (QED) is 0.801. The summed E-state index contributed by atoms with van der Waals surface area (Å²) < 4.78 is 23.9. The molecule has 0 aliphatic rings. The number of benzene rings is 1. The molecular formula is C15H18FN3O2. The van der Waals surface area contributed by atoms with Crippen molar-refractivity contribution in [1.29, 1.82) is 0 Å². The third-order valence-electron chi connectivity index (χ3n) is 2.90. The minimum Gasteiger partial charge on any atom is -0.491 e. The first-order valence-electron chi connectivity index (χ1n) is 6.58. The molecule has 6 heteroatoms. The highest BCUT2D eigenvalue weighted by Gasteiger charge is 2.09. The van der Waals surface area contributed by atoms with Gasteiger partial charge in [-0.2, -0.15) is 0 Å². The second-order valence-corrected chi connectivity index (χ2v) is 4.36. The number of methoxy groups -OCH3 is 1. The third kappa shape index (κ3) is 3.75. The second-order valence-electron chi connectivity index (χ2n) is 4.36. The minimum atomic E-state index is -0.467. The molecule has 1 aromatic heterocycles. The Labute approximate surface area is 122 Å². The lowest BCUT2D eigenvalue weighted by Crippen LogP contribution is -2.05. The third-order valence-corrected chi connectivity index (χ3v) is 2.90. The summed E-state index contributed by atoms with van der Waals surface area (Å²) >= 11 is 0. The number of ether oxygens (including phenoxy) is 2. The highest BCUT2D eigenvalue weighted by Crippen LogP contribution is 2.28. The van der Waals surface area contributed by atoms with E-state index in [0.717, 1.165) is 5.56 Å². The summed E-state index contributed by atoms with van der Waals surface area (Å²) in [7, 11) is 1.56. The van der Waals surface area contributed by atoms with Crippen LogP contribution in [0, 0.1) is 5.82 Å². The van der Waals surface area contributed by atoms with Crippen molar-refractivity contribution in [3.05, 3.63) is 41.8 Å². The van der Waals surface area contributed by atoms with Crippen LogP contribution in [0.15, 0.2) is 30.5 Å². The van der Waals surface area contributed by atoms with E-state index >= 15 is 0 Å². The van der Waals surface area contributed by atoms with E-state index in [1.54, 1.807) is 26.3 Å². The molecule has 0 amide bonds. The van der Waals surface area contributed by atoms with Crippen molar-refractivity contribution < 1.29 is 13.9 Å². The van der Waals surface area contributed by atoms with E-state index in [2.05, 4.69) is 10.3 Å². The van der Waals surface area contributed by atoms with Crippen LogP contribution in [0.25, 0.3) is 0 Å². The lowest BCUT2D eigenvalue weighted by Gasteiger charge is -2.13. The topological polar surface area (TPSA) is 69.4 Å². The first kappa shape index (κ1) is 14.9. The molecule has 0 aliphatic heterocycles. The van der Waals surface area contributed by atoms with E-state index < -0.39 is 5.82 Å². The highest BCUT2D eigenvalue weighted by molar-refractivity contribution is 5.68. The van der Waals surface area contributed by atoms with Crippen LogP contribution in [0.1, 0.15) is 12.5 Å². The first-order chi connectivity index (χ1) is 10.1. The number of nitrogens with one attached hydrogen (secondary N) is 1. The zero-order valence-electron chi connectivity index (χ0n) is 12.0. The Hall–Kier alpha value is -2.50. The molecule has 21 heavy (non-hydrogen) atoms.